The lowest BCUT2D eigenvalue weighted by atomic mass is 10.00. The number of aryl methyl sites for hydroxylation is 1. The molecule has 5 rings (SSSR count). The second-order valence-electron chi connectivity index (χ2n) is 9.18. The summed E-state index contributed by atoms with van der Waals surface area (Å²) in [6.07, 6.45) is 9.49. The molecule has 7 heteroatoms. The van der Waals surface area contributed by atoms with Crippen molar-refractivity contribution in [2.45, 2.75) is 64.1 Å². The summed E-state index contributed by atoms with van der Waals surface area (Å²) in [5, 5.41) is 7.24. The summed E-state index contributed by atoms with van der Waals surface area (Å²) in [7, 11) is 0. The van der Waals surface area contributed by atoms with Gasteiger partial charge in [0, 0.05) is 41.9 Å². The molecule has 2 aliphatic rings. The van der Waals surface area contributed by atoms with Crippen molar-refractivity contribution in [2.24, 2.45) is 0 Å². The highest BCUT2D eigenvalue weighted by molar-refractivity contribution is 7.80. The molecule has 2 atom stereocenters. The number of hydrogen-bond donors (Lipinski definition) is 2. The number of hydrogen-bond acceptors (Lipinski definition) is 3. The molecule has 6 nitrogen and oxygen atoms in total. The molecule has 3 heterocycles. The Labute approximate surface area is 206 Å². The molecule has 0 unspecified atom stereocenters. The molecule has 1 aromatic carbocycles. The molecule has 2 fully saturated rings. The number of anilines is 2. The Balaban J connectivity index is 1.57. The molecule has 3 aromatic rings. The largest absolute Gasteiger partial charge is 0.351 e. The number of nitrogens with zero attached hydrogens (tertiary/aromatic N) is 3. The molecule has 176 valence electrons. The maximum atomic E-state index is 11.9. The van der Waals surface area contributed by atoms with E-state index in [0.29, 0.717) is 17.6 Å². The molecule has 1 amide bonds. The molecule has 1 saturated heterocycles. The fourth-order valence-electron chi connectivity index (χ4n) is 5.28. The summed E-state index contributed by atoms with van der Waals surface area (Å²) >= 11 is 5.90. The summed E-state index contributed by atoms with van der Waals surface area (Å²) in [6, 6.07) is 17.0. The Kier molecular flexibility index (Phi) is 6.37. The molecule has 0 radical (unpaired) electrons. The van der Waals surface area contributed by atoms with Gasteiger partial charge in [-0.15, -0.1) is 0 Å². The van der Waals surface area contributed by atoms with E-state index in [0.717, 1.165) is 22.6 Å². The zero-order valence-electron chi connectivity index (χ0n) is 19.7. The van der Waals surface area contributed by atoms with Crippen molar-refractivity contribution in [3.63, 3.8) is 0 Å². The van der Waals surface area contributed by atoms with E-state index in [2.05, 4.69) is 55.5 Å². The number of pyridine rings is 1. The summed E-state index contributed by atoms with van der Waals surface area (Å²) in [6.45, 7) is 3.88. The number of thiocarbonyl (C=S) groups is 1. The zero-order chi connectivity index (χ0) is 23.7. The number of benzene rings is 1. The maximum absolute atomic E-state index is 11.9. The average molecular weight is 474 g/mol. The van der Waals surface area contributed by atoms with Crippen molar-refractivity contribution in [2.75, 3.05) is 10.2 Å². The van der Waals surface area contributed by atoms with Crippen LogP contribution in [0.3, 0.4) is 0 Å². The number of rotatable bonds is 6. The normalized spacial score (nSPS) is 20.5. The van der Waals surface area contributed by atoms with E-state index in [1.165, 1.54) is 31.4 Å². The van der Waals surface area contributed by atoms with E-state index in [1.54, 1.807) is 0 Å². The standard InChI is InChI=1S/C27H31N5OS/c1-3-24(33)29-21-14-13-20(17-18(21)2)32-26(23-12-8-16-31(23)19-9-4-5-10-19)25(30-27(32)34)22-11-6-7-15-28-22/h6-8,11-17,19,25-26H,3-5,9-10H2,1-2H3,(H,29,33)(H,30,34)/t25-,26-/m0/s1. The first kappa shape index (κ1) is 22.6. The van der Waals surface area contributed by atoms with Gasteiger partial charge >= 0.3 is 0 Å². The van der Waals surface area contributed by atoms with Crippen molar-refractivity contribution in [1.29, 1.82) is 0 Å². The van der Waals surface area contributed by atoms with Gasteiger partial charge in [0.1, 0.15) is 6.04 Å². The van der Waals surface area contributed by atoms with E-state index in [-0.39, 0.29) is 18.0 Å². The third kappa shape index (κ3) is 4.20. The van der Waals surface area contributed by atoms with Gasteiger partial charge in [-0.3, -0.25) is 9.78 Å². The van der Waals surface area contributed by atoms with E-state index >= 15 is 0 Å². The van der Waals surface area contributed by atoms with Crippen molar-refractivity contribution in [3.05, 3.63) is 77.9 Å². The Hall–Kier alpha value is -3.19. The quantitative estimate of drug-likeness (QED) is 0.441. The molecular weight excluding hydrogens is 442 g/mol. The van der Waals surface area contributed by atoms with Crippen LogP contribution in [0.1, 0.15) is 74.1 Å². The Morgan fingerprint density at radius 2 is 2.00 bits per heavy atom. The van der Waals surface area contributed by atoms with Gasteiger partial charge in [-0.05, 0) is 80.0 Å². The lowest BCUT2D eigenvalue weighted by molar-refractivity contribution is -0.115. The molecule has 1 aliphatic heterocycles. The van der Waals surface area contributed by atoms with Crippen LogP contribution in [0.15, 0.2) is 60.9 Å². The van der Waals surface area contributed by atoms with Crippen LogP contribution in [-0.4, -0.2) is 20.6 Å². The second-order valence-corrected chi connectivity index (χ2v) is 9.56. The van der Waals surface area contributed by atoms with Crippen LogP contribution in [0.25, 0.3) is 0 Å². The highest BCUT2D eigenvalue weighted by Crippen LogP contribution is 2.44. The number of carbonyl (C=O) groups is 1. The van der Waals surface area contributed by atoms with Crippen LogP contribution in [0.4, 0.5) is 11.4 Å². The molecule has 1 saturated carbocycles. The fraction of sp³-hybridized carbons (Fsp3) is 0.370. The lowest BCUT2D eigenvalue weighted by Gasteiger charge is -2.30. The van der Waals surface area contributed by atoms with Crippen LogP contribution in [0.5, 0.6) is 0 Å². The van der Waals surface area contributed by atoms with Gasteiger partial charge in [0.2, 0.25) is 5.91 Å². The van der Waals surface area contributed by atoms with Crippen LogP contribution >= 0.6 is 12.2 Å². The van der Waals surface area contributed by atoms with Crippen LogP contribution in [-0.2, 0) is 4.79 Å². The Morgan fingerprint density at radius 3 is 2.71 bits per heavy atom. The highest BCUT2D eigenvalue weighted by Gasteiger charge is 2.42. The minimum absolute atomic E-state index is 0.0108. The van der Waals surface area contributed by atoms with Gasteiger partial charge in [0.15, 0.2) is 5.11 Å². The van der Waals surface area contributed by atoms with Crippen molar-refractivity contribution in [1.82, 2.24) is 14.9 Å². The topological polar surface area (TPSA) is 62.2 Å². The SMILES string of the molecule is CCC(=O)Nc1ccc(N2C(=S)N[C@@H](c3ccccn3)[C@@H]2c2cccn2C2CCCC2)cc1C. The van der Waals surface area contributed by atoms with Gasteiger partial charge < -0.3 is 20.1 Å². The predicted octanol–water partition coefficient (Wildman–Crippen LogP) is 5.83. The van der Waals surface area contributed by atoms with Gasteiger partial charge in [0.05, 0.1) is 11.7 Å². The van der Waals surface area contributed by atoms with E-state index in [9.17, 15) is 4.79 Å². The smallest absolute Gasteiger partial charge is 0.224 e. The summed E-state index contributed by atoms with van der Waals surface area (Å²) in [5.74, 6) is 0.0108. The van der Waals surface area contributed by atoms with Crippen molar-refractivity contribution in [3.8, 4) is 0 Å². The van der Waals surface area contributed by atoms with E-state index in [1.807, 2.05) is 44.3 Å². The van der Waals surface area contributed by atoms with Gasteiger partial charge in [0.25, 0.3) is 0 Å². The molecular formula is C27H31N5OS. The van der Waals surface area contributed by atoms with Gasteiger partial charge in [-0.25, -0.2) is 0 Å². The summed E-state index contributed by atoms with van der Waals surface area (Å²) in [4.78, 5) is 18.8. The second kappa shape index (κ2) is 9.58. The molecule has 2 N–H and O–H groups in total. The van der Waals surface area contributed by atoms with Crippen LogP contribution in [0.2, 0.25) is 0 Å². The average Bonchev–Trinajstić information content (AvgIpc) is 3.60. The highest BCUT2D eigenvalue weighted by atomic mass is 32.1. The summed E-state index contributed by atoms with van der Waals surface area (Å²) < 4.78 is 2.46. The van der Waals surface area contributed by atoms with Gasteiger partial charge in [-0.1, -0.05) is 25.8 Å². The maximum Gasteiger partial charge on any atom is 0.224 e. The fourth-order valence-corrected chi connectivity index (χ4v) is 5.63. The third-order valence-electron chi connectivity index (χ3n) is 7.01. The van der Waals surface area contributed by atoms with E-state index < -0.39 is 0 Å². The van der Waals surface area contributed by atoms with Crippen LogP contribution in [0, 0.1) is 6.92 Å². The Morgan fingerprint density at radius 1 is 1.18 bits per heavy atom. The first-order chi connectivity index (χ1) is 16.6. The van der Waals surface area contributed by atoms with Crippen molar-refractivity contribution >= 4 is 34.6 Å². The number of nitrogens with one attached hydrogen (secondary N) is 2. The first-order valence-electron chi connectivity index (χ1n) is 12.1. The van der Waals surface area contributed by atoms with Crippen LogP contribution < -0.4 is 15.5 Å². The molecule has 34 heavy (non-hydrogen) atoms. The molecule has 1 aliphatic carbocycles. The first-order valence-corrected chi connectivity index (χ1v) is 12.6. The lowest BCUT2D eigenvalue weighted by Crippen LogP contribution is -2.30. The predicted molar refractivity (Wildman–Crippen MR) is 140 cm³/mol. The number of carbonyl (C=O) groups excluding carboxylic acids is 1. The molecule has 2 aromatic heterocycles. The minimum Gasteiger partial charge on any atom is -0.351 e. The number of aromatic nitrogens is 2. The zero-order valence-corrected chi connectivity index (χ0v) is 20.5. The number of amides is 1. The van der Waals surface area contributed by atoms with Gasteiger partial charge in [-0.2, -0.15) is 0 Å². The van der Waals surface area contributed by atoms with E-state index in [4.69, 9.17) is 12.2 Å². The third-order valence-corrected chi connectivity index (χ3v) is 7.33. The minimum atomic E-state index is -0.0662. The molecule has 0 bridgehead atoms. The monoisotopic (exact) mass is 473 g/mol. The Bertz CT molecular complexity index is 1180. The van der Waals surface area contributed by atoms with Crippen molar-refractivity contribution < 1.29 is 4.79 Å². The molecule has 0 spiro atoms. The summed E-state index contributed by atoms with van der Waals surface area (Å²) in [5.41, 5.74) is 5.07.